The van der Waals surface area contributed by atoms with Crippen LogP contribution in [-0.2, 0) is 9.59 Å². The number of rotatable bonds is 1. The topological polar surface area (TPSA) is 58.2 Å². The third-order valence-corrected chi connectivity index (χ3v) is 2.19. The zero-order valence-electron chi connectivity index (χ0n) is 8.00. The van der Waals surface area contributed by atoms with Crippen molar-refractivity contribution >= 4 is 17.5 Å². The van der Waals surface area contributed by atoms with Crippen LogP contribution in [0.4, 0.5) is 10.1 Å². The van der Waals surface area contributed by atoms with E-state index in [4.69, 9.17) is 0 Å². The van der Waals surface area contributed by atoms with E-state index >= 15 is 0 Å². The molecule has 1 aromatic carbocycles. The van der Waals surface area contributed by atoms with E-state index in [1.54, 1.807) is 0 Å². The van der Waals surface area contributed by atoms with Crippen molar-refractivity contribution < 1.29 is 14.0 Å². The maximum atomic E-state index is 12.9. The van der Waals surface area contributed by atoms with Crippen molar-refractivity contribution in [2.75, 3.05) is 5.32 Å². The van der Waals surface area contributed by atoms with Crippen LogP contribution in [0.5, 0.6) is 0 Å². The largest absolute Gasteiger partial charge is 0.341 e. The van der Waals surface area contributed by atoms with E-state index in [-0.39, 0.29) is 11.8 Å². The lowest BCUT2D eigenvalue weighted by atomic mass is 10.1. The van der Waals surface area contributed by atoms with Crippen molar-refractivity contribution in [3.8, 4) is 0 Å². The van der Waals surface area contributed by atoms with Gasteiger partial charge in [-0.3, -0.25) is 9.59 Å². The molecule has 15 heavy (non-hydrogen) atoms. The molecule has 4 nitrogen and oxygen atoms in total. The summed E-state index contributed by atoms with van der Waals surface area (Å²) in [6.07, 6.45) is 0. The minimum atomic E-state index is -0.784. The van der Waals surface area contributed by atoms with Gasteiger partial charge in [-0.05, 0) is 18.2 Å². The predicted molar refractivity (Wildman–Crippen MR) is 51.6 cm³/mol. The Morgan fingerprint density at radius 3 is 2.93 bits per heavy atom. The van der Waals surface area contributed by atoms with Crippen LogP contribution in [0.3, 0.4) is 0 Å². The minimum absolute atomic E-state index is 0.327. The summed E-state index contributed by atoms with van der Waals surface area (Å²) in [4.78, 5) is 22.3. The molecule has 2 N–H and O–H groups in total. The molecule has 0 saturated heterocycles. The van der Waals surface area contributed by atoms with Crippen LogP contribution in [0.1, 0.15) is 18.5 Å². The zero-order valence-corrected chi connectivity index (χ0v) is 8.00. The number of anilines is 1. The van der Waals surface area contributed by atoms with Crippen molar-refractivity contribution in [3.63, 3.8) is 0 Å². The Balaban J connectivity index is 2.39. The smallest absolute Gasteiger partial charge is 0.251 e. The first-order chi connectivity index (χ1) is 7.08. The van der Waals surface area contributed by atoms with Gasteiger partial charge in [0.25, 0.3) is 5.91 Å². The van der Waals surface area contributed by atoms with E-state index in [0.29, 0.717) is 11.3 Å². The molecule has 78 valence electrons. The third kappa shape index (κ3) is 1.68. The van der Waals surface area contributed by atoms with Gasteiger partial charge in [-0.2, -0.15) is 0 Å². The molecule has 1 aromatic rings. The van der Waals surface area contributed by atoms with Crippen molar-refractivity contribution in [2.45, 2.75) is 13.0 Å². The molecule has 2 amide bonds. The van der Waals surface area contributed by atoms with E-state index < -0.39 is 11.9 Å². The number of hydrogen-bond acceptors (Lipinski definition) is 2. The number of hydrogen-bond donors (Lipinski definition) is 2. The monoisotopic (exact) mass is 208 g/mol. The van der Waals surface area contributed by atoms with Crippen molar-refractivity contribution in [1.82, 2.24) is 5.32 Å². The van der Waals surface area contributed by atoms with Gasteiger partial charge in [-0.25, -0.2) is 4.39 Å². The number of halogens is 1. The summed E-state index contributed by atoms with van der Waals surface area (Å²) >= 11 is 0. The lowest BCUT2D eigenvalue weighted by Crippen LogP contribution is -2.31. The number of carbonyl (C=O) groups is 2. The Bertz CT molecular complexity index is 445. The zero-order chi connectivity index (χ0) is 11.0. The maximum absolute atomic E-state index is 12.9. The Morgan fingerprint density at radius 2 is 2.27 bits per heavy atom. The molecule has 1 heterocycles. The van der Waals surface area contributed by atoms with Gasteiger partial charge in [0.15, 0.2) is 0 Å². The first-order valence-electron chi connectivity index (χ1n) is 4.45. The molecule has 1 aliphatic heterocycles. The molecule has 0 spiro atoms. The van der Waals surface area contributed by atoms with E-state index in [1.807, 2.05) is 0 Å². The average molecular weight is 208 g/mol. The molecule has 0 saturated carbocycles. The lowest BCUT2D eigenvalue weighted by molar-refractivity contribution is -0.124. The van der Waals surface area contributed by atoms with Crippen molar-refractivity contribution in [3.05, 3.63) is 29.6 Å². The SMILES string of the molecule is CC(=O)N[C@H]1C(=O)Nc2ccc(F)cc21. The summed E-state index contributed by atoms with van der Waals surface area (Å²) in [7, 11) is 0. The third-order valence-electron chi connectivity index (χ3n) is 2.19. The second-order valence-corrected chi connectivity index (χ2v) is 3.35. The standard InChI is InChI=1S/C10H9FN2O2/c1-5(14)12-9-7-4-6(11)2-3-8(7)13-10(9)15/h2-4,9H,1H3,(H,12,14)(H,13,15)/t9-/m1/s1. The molecule has 1 aliphatic rings. The van der Waals surface area contributed by atoms with Crippen LogP contribution in [0.25, 0.3) is 0 Å². The van der Waals surface area contributed by atoms with Crippen LogP contribution < -0.4 is 10.6 Å². The Kier molecular flexibility index (Phi) is 2.15. The molecule has 1 atom stereocenters. The fraction of sp³-hybridized carbons (Fsp3) is 0.200. The Labute approximate surface area is 85.5 Å². The fourth-order valence-corrected chi connectivity index (χ4v) is 1.58. The van der Waals surface area contributed by atoms with Gasteiger partial charge in [0.05, 0.1) is 0 Å². The van der Waals surface area contributed by atoms with Crippen molar-refractivity contribution in [2.24, 2.45) is 0 Å². The first-order valence-corrected chi connectivity index (χ1v) is 4.45. The van der Waals surface area contributed by atoms with Crippen LogP contribution >= 0.6 is 0 Å². The second kappa shape index (κ2) is 3.34. The van der Waals surface area contributed by atoms with Crippen LogP contribution in [0.2, 0.25) is 0 Å². The summed E-state index contributed by atoms with van der Waals surface area (Å²) in [5, 5.41) is 5.02. The molecule has 2 rings (SSSR count). The number of nitrogens with one attached hydrogen (secondary N) is 2. The molecule has 5 heteroatoms. The number of benzene rings is 1. The van der Waals surface area contributed by atoms with E-state index in [2.05, 4.69) is 10.6 Å². The lowest BCUT2D eigenvalue weighted by Gasteiger charge is -2.08. The van der Waals surface area contributed by atoms with Gasteiger partial charge >= 0.3 is 0 Å². The summed E-state index contributed by atoms with van der Waals surface area (Å²) in [6, 6.07) is 3.20. The Morgan fingerprint density at radius 1 is 1.53 bits per heavy atom. The highest BCUT2D eigenvalue weighted by Gasteiger charge is 2.31. The number of carbonyl (C=O) groups excluding carboxylic acids is 2. The molecule has 0 aliphatic carbocycles. The van der Waals surface area contributed by atoms with E-state index in [1.165, 1.54) is 25.1 Å². The highest BCUT2D eigenvalue weighted by molar-refractivity contribution is 6.04. The quantitative estimate of drug-likeness (QED) is 0.722. The Hall–Kier alpha value is -1.91. The van der Waals surface area contributed by atoms with Gasteiger partial charge in [-0.15, -0.1) is 0 Å². The molecular weight excluding hydrogens is 199 g/mol. The van der Waals surface area contributed by atoms with Crippen LogP contribution in [-0.4, -0.2) is 11.8 Å². The van der Waals surface area contributed by atoms with Crippen LogP contribution in [0, 0.1) is 5.82 Å². The highest BCUT2D eigenvalue weighted by atomic mass is 19.1. The van der Waals surface area contributed by atoms with Gasteiger partial charge in [0.2, 0.25) is 5.91 Å². The second-order valence-electron chi connectivity index (χ2n) is 3.35. The average Bonchev–Trinajstić information content (AvgIpc) is 2.43. The summed E-state index contributed by atoms with van der Waals surface area (Å²) in [6.45, 7) is 1.31. The fourth-order valence-electron chi connectivity index (χ4n) is 1.58. The summed E-state index contributed by atoms with van der Waals surface area (Å²) in [5.41, 5.74) is 1.01. The first kappa shape index (κ1) is 9.64. The van der Waals surface area contributed by atoms with Gasteiger partial charge < -0.3 is 10.6 Å². The van der Waals surface area contributed by atoms with Crippen molar-refractivity contribution in [1.29, 1.82) is 0 Å². The molecule has 0 unspecified atom stereocenters. The van der Waals surface area contributed by atoms with Gasteiger partial charge in [-0.1, -0.05) is 0 Å². The summed E-state index contributed by atoms with van der Waals surface area (Å²) in [5.74, 6) is -1.10. The predicted octanol–water partition coefficient (Wildman–Crippen LogP) is 0.955. The molecule has 0 radical (unpaired) electrons. The molecule has 0 fully saturated rings. The summed E-state index contributed by atoms with van der Waals surface area (Å²) < 4.78 is 12.9. The van der Waals surface area contributed by atoms with Gasteiger partial charge in [0, 0.05) is 18.2 Å². The van der Waals surface area contributed by atoms with E-state index in [0.717, 1.165) is 0 Å². The molecule has 0 aromatic heterocycles. The number of amides is 2. The highest BCUT2D eigenvalue weighted by Crippen LogP contribution is 2.30. The maximum Gasteiger partial charge on any atom is 0.251 e. The molecule has 0 bridgehead atoms. The normalized spacial score (nSPS) is 18.3. The van der Waals surface area contributed by atoms with E-state index in [9.17, 15) is 14.0 Å². The minimum Gasteiger partial charge on any atom is -0.341 e. The molecular formula is C10H9FN2O2. The van der Waals surface area contributed by atoms with Gasteiger partial charge in [0.1, 0.15) is 11.9 Å². The van der Waals surface area contributed by atoms with Crippen LogP contribution in [0.15, 0.2) is 18.2 Å². The number of fused-ring (bicyclic) bond motifs is 1.